The summed E-state index contributed by atoms with van der Waals surface area (Å²) >= 11 is 4.68. The van der Waals surface area contributed by atoms with Crippen LogP contribution in [0.2, 0.25) is 0 Å². The summed E-state index contributed by atoms with van der Waals surface area (Å²) in [7, 11) is 0. The van der Waals surface area contributed by atoms with Crippen LogP contribution >= 0.6 is 45.2 Å². The molecule has 10 nitrogen and oxygen atoms in total. The lowest BCUT2D eigenvalue weighted by Gasteiger charge is -2.26. The van der Waals surface area contributed by atoms with Crippen LogP contribution in [-0.2, 0) is 9.47 Å². The number of nitrogens with one attached hydrogen (secondary N) is 2. The van der Waals surface area contributed by atoms with Gasteiger partial charge in [0.05, 0.1) is 41.1 Å². The number of nitrogens with zero attached hydrogens (tertiary/aromatic N) is 4. The predicted molar refractivity (Wildman–Crippen MR) is 214 cm³/mol. The van der Waals surface area contributed by atoms with Crippen LogP contribution < -0.4 is 10.6 Å². The zero-order valence-corrected chi connectivity index (χ0v) is 33.4. The van der Waals surface area contributed by atoms with Gasteiger partial charge in [-0.25, -0.2) is 9.97 Å². The molecule has 6 aromatic rings. The van der Waals surface area contributed by atoms with Gasteiger partial charge in [0, 0.05) is 21.6 Å². The van der Waals surface area contributed by atoms with Gasteiger partial charge < -0.3 is 28.9 Å². The molecule has 262 valence electrons. The van der Waals surface area contributed by atoms with E-state index in [1.54, 1.807) is 0 Å². The molecule has 8 rings (SSSR count). The van der Waals surface area contributed by atoms with Crippen LogP contribution in [0.1, 0.15) is 71.7 Å². The first-order chi connectivity index (χ1) is 24.0. The topological polar surface area (TPSA) is 120 Å². The van der Waals surface area contributed by atoms with Gasteiger partial charge in [-0.1, -0.05) is 59.0 Å². The van der Waals surface area contributed by atoms with Crippen molar-refractivity contribution >= 4 is 79.0 Å². The van der Waals surface area contributed by atoms with E-state index in [0.29, 0.717) is 29.0 Å². The molecule has 0 unspecified atom stereocenters. The average Bonchev–Trinajstić information content (AvgIpc) is 3.61. The second-order valence-electron chi connectivity index (χ2n) is 12.7. The monoisotopic (exact) mass is 900 g/mol. The molecule has 0 saturated carbocycles. The summed E-state index contributed by atoms with van der Waals surface area (Å²) in [5.74, 6) is 5.28. The molecule has 12 heteroatoms. The van der Waals surface area contributed by atoms with Crippen molar-refractivity contribution < 1.29 is 18.3 Å². The second kappa shape index (κ2) is 16.3. The maximum Gasteiger partial charge on any atom is 0.231 e. The molecule has 2 N–H and O–H groups in total. The molecule has 2 fully saturated rings. The van der Waals surface area contributed by atoms with Crippen molar-refractivity contribution in [1.82, 2.24) is 19.9 Å². The molecule has 0 amide bonds. The molecule has 0 aliphatic carbocycles. The minimum absolute atomic E-state index is 0.143. The summed E-state index contributed by atoms with van der Waals surface area (Å²) in [6.07, 6.45) is 0. The number of furan rings is 2. The summed E-state index contributed by atoms with van der Waals surface area (Å²) in [5.41, 5.74) is 5.07. The zero-order chi connectivity index (χ0) is 35.4. The number of ether oxygens (including phenoxy) is 2. The predicted octanol–water partition coefficient (Wildman–Crippen LogP) is 9.56. The van der Waals surface area contributed by atoms with Gasteiger partial charge in [-0.2, -0.15) is 9.97 Å². The third-order valence-corrected chi connectivity index (χ3v) is 9.91. The van der Waals surface area contributed by atoms with Crippen LogP contribution in [-0.4, -0.2) is 50.3 Å². The number of aromatic nitrogens is 4. The molecule has 4 aromatic heterocycles. The van der Waals surface area contributed by atoms with Crippen LogP contribution in [0.25, 0.3) is 22.2 Å². The Labute approximate surface area is 319 Å². The van der Waals surface area contributed by atoms with Gasteiger partial charge in [0.1, 0.15) is 34.8 Å². The molecule has 2 aromatic carbocycles. The number of alkyl halides is 1. The molecule has 50 heavy (non-hydrogen) atoms. The van der Waals surface area contributed by atoms with Gasteiger partial charge in [-0.3, -0.25) is 0 Å². The Balaban J connectivity index is 0.000000153. The van der Waals surface area contributed by atoms with Crippen LogP contribution in [0, 0.1) is 31.3 Å². The molecule has 2 atom stereocenters. The second-order valence-corrected chi connectivity index (χ2v) is 15.7. The summed E-state index contributed by atoms with van der Waals surface area (Å²) in [6.45, 7) is 15.5. The lowest BCUT2D eigenvalue weighted by Crippen LogP contribution is -2.26. The fourth-order valence-electron chi connectivity index (χ4n) is 5.54. The largest absolute Gasteiger partial charge is 0.443 e. The van der Waals surface area contributed by atoms with E-state index in [4.69, 9.17) is 18.3 Å². The number of hydrogen-bond donors (Lipinski definition) is 2. The fourth-order valence-corrected chi connectivity index (χ4v) is 6.41. The third-order valence-electron chi connectivity index (χ3n) is 8.48. The first kappa shape index (κ1) is 36.5. The van der Waals surface area contributed by atoms with Gasteiger partial charge in [-0.15, -0.1) is 0 Å². The smallest absolute Gasteiger partial charge is 0.231 e. The van der Waals surface area contributed by atoms with E-state index < -0.39 is 0 Å². The van der Waals surface area contributed by atoms with Crippen molar-refractivity contribution in [1.29, 1.82) is 0 Å². The van der Waals surface area contributed by atoms with Gasteiger partial charge in [0.15, 0.2) is 0 Å². The highest BCUT2D eigenvalue weighted by Gasteiger charge is 2.21. The third kappa shape index (κ3) is 9.11. The SMILES string of the molecule is Cc1nc(N[C@@H](C)c2ccc(C3COC3)cc2)c2cc(C)oc2n1.Cc1nc(N[C@@H](C)c2ccc(I)cc2)c2cc(C)oc2n1.IC1COC1. The van der Waals surface area contributed by atoms with Crippen molar-refractivity contribution in [3.63, 3.8) is 0 Å². The number of fused-ring (bicyclic) bond motifs is 2. The summed E-state index contributed by atoms with van der Waals surface area (Å²) in [5, 5.41) is 8.81. The number of halogens is 2. The molecular weight excluding hydrogens is 858 g/mol. The number of hydrogen-bond acceptors (Lipinski definition) is 10. The van der Waals surface area contributed by atoms with E-state index >= 15 is 0 Å². The highest BCUT2D eigenvalue weighted by Crippen LogP contribution is 2.30. The van der Waals surface area contributed by atoms with Crippen molar-refractivity contribution in [2.24, 2.45) is 0 Å². The highest BCUT2D eigenvalue weighted by atomic mass is 127. The van der Waals surface area contributed by atoms with Gasteiger partial charge >= 0.3 is 0 Å². The number of aryl methyl sites for hydroxylation is 4. The Kier molecular flexibility index (Phi) is 11.9. The van der Waals surface area contributed by atoms with E-state index in [0.717, 1.165) is 64.3 Å². The van der Waals surface area contributed by atoms with Crippen LogP contribution in [0.15, 0.2) is 69.5 Å². The molecule has 2 aliphatic heterocycles. The number of benzene rings is 2. The molecular formula is C38H42I2N6O4. The molecule has 2 aliphatic rings. The van der Waals surface area contributed by atoms with Gasteiger partial charge in [0.25, 0.3) is 0 Å². The Morgan fingerprint density at radius 1 is 0.640 bits per heavy atom. The summed E-state index contributed by atoms with van der Waals surface area (Å²) < 4.78 is 23.4. The van der Waals surface area contributed by atoms with Crippen molar-refractivity contribution in [2.45, 2.75) is 63.5 Å². The quantitative estimate of drug-likeness (QED) is 0.118. The highest BCUT2D eigenvalue weighted by molar-refractivity contribution is 14.1. The standard InChI is InChI=1S/C19H21N3O2.C16H16IN3O.C3H5IO/c1-11-8-17-18(21-13(3)22-19(17)24-11)20-12(2)14-4-6-15(7-5-14)16-9-23-10-16;1-9-8-14-15(19-11(3)20-16(14)21-9)18-10(2)12-4-6-13(17)7-5-12;4-3-1-5-2-3/h4-8,12,16H,9-10H2,1-3H3,(H,20,21,22);4-8,10H,1-3H3,(H,18,19,20);3H,1-2H2/t12-;10-;/m00./s1. The maximum atomic E-state index is 5.63. The molecule has 0 spiro atoms. The minimum Gasteiger partial charge on any atom is -0.443 e. The average molecular weight is 901 g/mol. The zero-order valence-electron chi connectivity index (χ0n) is 29.1. The first-order valence-corrected chi connectivity index (χ1v) is 19.0. The maximum absolute atomic E-state index is 5.63. The van der Waals surface area contributed by atoms with Crippen LogP contribution in [0.5, 0.6) is 0 Å². The van der Waals surface area contributed by atoms with E-state index in [1.807, 2.05) is 39.8 Å². The lowest BCUT2D eigenvalue weighted by atomic mass is 9.95. The van der Waals surface area contributed by atoms with Crippen molar-refractivity contribution in [2.75, 3.05) is 37.1 Å². The van der Waals surface area contributed by atoms with E-state index in [2.05, 4.69) is 138 Å². The summed E-state index contributed by atoms with van der Waals surface area (Å²) in [4.78, 5) is 17.7. The Morgan fingerprint density at radius 2 is 1.06 bits per heavy atom. The fraction of sp³-hybridized carbons (Fsp3) is 0.368. The van der Waals surface area contributed by atoms with Crippen molar-refractivity contribution in [3.05, 3.63) is 104 Å². The molecule has 2 saturated heterocycles. The summed E-state index contributed by atoms with van der Waals surface area (Å²) in [6, 6.07) is 21.5. The Morgan fingerprint density at radius 3 is 1.44 bits per heavy atom. The van der Waals surface area contributed by atoms with Gasteiger partial charge in [-0.05, 0) is 105 Å². The Bertz CT molecular complexity index is 2040. The normalized spacial score (nSPS) is 15.6. The molecule has 0 bridgehead atoms. The Hall–Kier alpha value is -3.34. The van der Waals surface area contributed by atoms with Crippen molar-refractivity contribution in [3.8, 4) is 0 Å². The van der Waals surface area contributed by atoms with E-state index in [-0.39, 0.29) is 12.1 Å². The molecule has 0 radical (unpaired) electrons. The van der Waals surface area contributed by atoms with Crippen LogP contribution in [0.4, 0.5) is 11.6 Å². The minimum atomic E-state index is 0.143. The van der Waals surface area contributed by atoms with E-state index in [1.165, 1.54) is 20.3 Å². The van der Waals surface area contributed by atoms with E-state index in [9.17, 15) is 0 Å². The molecule has 6 heterocycles. The number of rotatable bonds is 7. The van der Waals surface area contributed by atoms with Crippen LogP contribution in [0.3, 0.4) is 0 Å². The lowest BCUT2D eigenvalue weighted by molar-refractivity contribution is 0.00841. The number of anilines is 2. The van der Waals surface area contributed by atoms with Gasteiger partial charge in [0.2, 0.25) is 11.4 Å². The first-order valence-electron chi connectivity index (χ1n) is 16.7.